The number of likely N-dealkylation sites (tertiary alicyclic amines) is 2. The van der Waals surface area contributed by atoms with Crippen molar-refractivity contribution in [1.82, 2.24) is 20.1 Å². The zero-order chi connectivity index (χ0) is 23.3. The number of piperidine rings is 1. The number of nitrogens with one attached hydrogen (secondary N) is 1. The molecule has 0 spiro atoms. The van der Waals surface area contributed by atoms with Crippen LogP contribution in [-0.4, -0.2) is 66.2 Å². The van der Waals surface area contributed by atoms with Crippen molar-refractivity contribution >= 4 is 16.9 Å². The molecule has 0 unspecified atom stereocenters. The quantitative estimate of drug-likeness (QED) is 0.573. The van der Waals surface area contributed by atoms with Crippen LogP contribution in [0.2, 0.25) is 0 Å². The molecule has 2 aromatic carbocycles. The van der Waals surface area contributed by atoms with Gasteiger partial charge in [0.05, 0.1) is 5.52 Å². The predicted molar refractivity (Wildman–Crippen MR) is 136 cm³/mol. The number of benzene rings is 2. The summed E-state index contributed by atoms with van der Waals surface area (Å²) in [6.07, 6.45) is 6.27. The van der Waals surface area contributed by atoms with Gasteiger partial charge in [-0.25, -0.2) is 4.79 Å². The number of aryl methyl sites for hydroxylation is 1. The normalized spacial score (nSPS) is 17.3. The average Bonchev–Trinajstić information content (AvgIpc) is 3.39. The molecule has 0 bridgehead atoms. The van der Waals surface area contributed by atoms with Gasteiger partial charge < -0.3 is 19.9 Å². The summed E-state index contributed by atoms with van der Waals surface area (Å²) in [5.74, 6) is 0.883. The van der Waals surface area contributed by atoms with E-state index >= 15 is 0 Å². The van der Waals surface area contributed by atoms with Crippen LogP contribution in [-0.2, 0) is 0 Å². The molecule has 2 amide bonds. The minimum absolute atomic E-state index is 0.0576. The molecule has 34 heavy (non-hydrogen) atoms. The number of ether oxygens (including phenoxy) is 1. The van der Waals surface area contributed by atoms with Gasteiger partial charge in [0, 0.05) is 50.6 Å². The molecule has 1 N–H and O–H groups in total. The number of hydrogen-bond donors (Lipinski definition) is 1. The Morgan fingerprint density at radius 3 is 2.56 bits per heavy atom. The molecule has 0 aliphatic carbocycles. The molecule has 178 valence electrons. The van der Waals surface area contributed by atoms with E-state index in [4.69, 9.17) is 4.74 Å². The van der Waals surface area contributed by atoms with E-state index in [1.54, 1.807) is 0 Å². The number of rotatable bonds is 6. The van der Waals surface area contributed by atoms with Gasteiger partial charge in [0.15, 0.2) is 0 Å². The second kappa shape index (κ2) is 10.4. The lowest BCUT2D eigenvalue weighted by atomic mass is 9.98. The van der Waals surface area contributed by atoms with E-state index in [9.17, 15) is 4.79 Å². The Morgan fingerprint density at radius 1 is 1.03 bits per heavy atom. The van der Waals surface area contributed by atoms with Gasteiger partial charge in [-0.1, -0.05) is 30.3 Å². The molecule has 3 heterocycles. The maximum Gasteiger partial charge on any atom is 0.317 e. The molecule has 1 aromatic heterocycles. The van der Waals surface area contributed by atoms with Gasteiger partial charge in [-0.3, -0.25) is 4.98 Å². The fourth-order valence-corrected chi connectivity index (χ4v) is 5.13. The summed E-state index contributed by atoms with van der Waals surface area (Å²) in [5, 5.41) is 4.24. The first-order chi connectivity index (χ1) is 16.7. The van der Waals surface area contributed by atoms with Crippen LogP contribution in [0.15, 0.2) is 54.7 Å². The number of hydrogen-bond acceptors (Lipinski definition) is 4. The van der Waals surface area contributed by atoms with Crippen LogP contribution < -0.4 is 10.1 Å². The third-order valence-electron chi connectivity index (χ3n) is 7.13. The van der Waals surface area contributed by atoms with Gasteiger partial charge in [-0.05, 0) is 67.7 Å². The maximum absolute atomic E-state index is 12.5. The van der Waals surface area contributed by atoms with Crippen LogP contribution in [0.4, 0.5) is 4.79 Å². The number of pyridine rings is 1. The fourth-order valence-electron chi connectivity index (χ4n) is 5.13. The van der Waals surface area contributed by atoms with Gasteiger partial charge in [0.2, 0.25) is 0 Å². The molecule has 5 rings (SSSR count). The topological polar surface area (TPSA) is 57.7 Å². The Morgan fingerprint density at radius 2 is 1.79 bits per heavy atom. The second-order valence-corrected chi connectivity index (χ2v) is 9.42. The number of amides is 2. The smallest absolute Gasteiger partial charge is 0.317 e. The lowest BCUT2D eigenvalue weighted by molar-refractivity contribution is 0.111. The van der Waals surface area contributed by atoms with Crippen molar-refractivity contribution in [2.75, 3.05) is 39.3 Å². The van der Waals surface area contributed by atoms with E-state index in [0.717, 1.165) is 61.2 Å². The number of carbonyl (C=O) groups excluding carboxylic acids is 1. The highest BCUT2D eigenvalue weighted by Gasteiger charge is 2.24. The second-order valence-electron chi connectivity index (χ2n) is 9.42. The molecule has 0 saturated carbocycles. The molecule has 6 nitrogen and oxygen atoms in total. The van der Waals surface area contributed by atoms with Crippen LogP contribution in [0, 0.1) is 6.92 Å². The van der Waals surface area contributed by atoms with Crippen molar-refractivity contribution in [3.63, 3.8) is 0 Å². The summed E-state index contributed by atoms with van der Waals surface area (Å²) in [4.78, 5) is 21.4. The minimum Gasteiger partial charge on any atom is -0.490 e. The van der Waals surface area contributed by atoms with E-state index in [1.807, 2.05) is 17.2 Å². The van der Waals surface area contributed by atoms with Crippen molar-refractivity contribution in [2.45, 2.75) is 38.7 Å². The summed E-state index contributed by atoms with van der Waals surface area (Å²) in [5.41, 5.74) is 4.60. The van der Waals surface area contributed by atoms with E-state index in [1.165, 1.54) is 37.1 Å². The number of aromatic nitrogens is 1. The average molecular weight is 459 g/mol. The van der Waals surface area contributed by atoms with Crippen molar-refractivity contribution < 1.29 is 9.53 Å². The van der Waals surface area contributed by atoms with Crippen LogP contribution in [0.3, 0.4) is 0 Å². The Labute approximate surface area is 201 Å². The van der Waals surface area contributed by atoms with E-state index in [2.05, 4.69) is 64.6 Å². The van der Waals surface area contributed by atoms with E-state index in [0.29, 0.717) is 0 Å². The molecule has 2 aliphatic heterocycles. The van der Waals surface area contributed by atoms with Gasteiger partial charge in [0.1, 0.15) is 11.9 Å². The summed E-state index contributed by atoms with van der Waals surface area (Å²) >= 11 is 0. The summed E-state index contributed by atoms with van der Waals surface area (Å²) in [6, 6.07) is 16.8. The first kappa shape index (κ1) is 22.7. The maximum atomic E-state index is 12.5. The van der Waals surface area contributed by atoms with Gasteiger partial charge in [-0.2, -0.15) is 0 Å². The molecule has 6 heteroatoms. The molecule has 2 fully saturated rings. The molecule has 0 radical (unpaired) electrons. The van der Waals surface area contributed by atoms with Crippen LogP contribution in [0.5, 0.6) is 5.75 Å². The summed E-state index contributed by atoms with van der Waals surface area (Å²) in [6.45, 7) is 7.62. The molecule has 2 aliphatic rings. The highest BCUT2D eigenvalue weighted by molar-refractivity contribution is 5.88. The SMILES string of the molecule is Cc1c(-c2ccc(OC3CCN(C(=O)NCCN4CCCC4)CC3)cc2)ccc2cccnc12. The Kier molecular flexibility index (Phi) is 6.95. The molecule has 2 saturated heterocycles. The standard InChI is InChI=1S/C28H34N4O2/c1-21-26(11-8-23-5-4-14-29-27(21)23)22-6-9-24(10-7-22)34-25-12-18-32(19-13-25)28(33)30-15-20-31-16-2-3-17-31/h4-11,14,25H,2-3,12-13,15-20H2,1H3,(H,30,33). The first-order valence-electron chi connectivity index (χ1n) is 12.5. The first-order valence-corrected chi connectivity index (χ1v) is 12.5. The molecule has 0 atom stereocenters. The van der Waals surface area contributed by atoms with Crippen LogP contribution in [0.25, 0.3) is 22.0 Å². The highest BCUT2D eigenvalue weighted by atomic mass is 16.5. The monoisotopic (exact) mass is 458 g/mol. The van der Waals surface area contributed by atoms with Crippen molar-refractivity contribution in [2.24, 2.45) is 0 Å². The van der Waals surface area contributed by atoms with Crippen molar-refractivity contribution in [3.05, 3.63) is 60.3 Å². The summed E-state index contributed by atoms with van der Waals surface area (Å²) < 4.78 is 6.25. The van der Waals surface area contributed by atoms with E-state index in [-0.39, 0.29) is 12.1 Å². The van der Waals surface area contributed by atoms with Crippen LogP contribution in [0.1, 0.15) is 31.2 Å². The molecule has 3 aromatic rings. The van der Waals surface area contributed by atoms with Crippen LogP contribution >= 0.6 is 0 Å². The number of carbonyl (C=O) groups is 1. The summed E-state index contributed by atoms with van der Waals surface area (Å²) in [7, 11) is 0. The fraction of sp³-hybridized carbons (Fsp3) is 0.429. The zero-order valence-corrected chi connectivity index (χ0v) is 20.0. The van der Waals surface area contributed by atoms with Gasteiger partial charge in [0.25, 0.3) is 0 Å². The van der Waals surface area contributed by atoms with Gasteiger partial charge >= 0.3 is 6.03 Å². The Balaban J connectivity index is 1.11. The number of fused-ring (bicyclic) bond motifs is 1. The number of nitrogens with zero attached hydrogens (tertiary/aromatic N) is 3. The van der Waals surface area contributed by atoms with Crippen molar-refractivity contribution in [3.8, 4) is 16.9 Å². The molecular weight excluding hydrogens is 424 g/mol. The Bertz CT molecular complexity index is 1120. The Hall–Kier alpha value is -3.12. The lowest BCUT2D eigenvalue weighted by Gasteiger charge is -2.32. The third kappa shape index (κ3) is 5.17. The third-order valence-corrected chi connectivity index (χ3v) is 7.13. The zero-order valence-electron chi connectivity index (χ0n) is 20.0. The molecular formula is C28H34N4O2. The van der Waals surface area contributed by atoms with Gasteiger partial charge in [-0.15, -0.1) is 0 Å². The minimum atomic E-state index is 0.0576. The van der Waals surface area contributed by atoms with Crippen molar-refractivity contribution in [1.29, 1.82) is 0 Å². The number of urea groups is 1. The lowest BCUT2D eigenvalue weighted by Crippen LogP contribution is -2.47. The largest absolute Gasteiger partial charge is 0.490 e. The predicted octanol–water partition coefficient (Wildman–Crippen LogP) is 4.86. The highest BCUT2D eigenvalue weighted by Crippen LogP contribution is 2.30. The van der Waals surface area contributed by atoms with E-state index < -0.39 is 0 Å².